The summed E-state index contributed by atoms with van der Waals surface area (Å²) in [4.78, 5) is 9.74. The van der Waals surface area contributed by atoms with Crippen molar-refractivity contribution in [1.29, 1.82) is 5.26 Å². The van der Waals surface area contributed by atoms with Crippen LogP contribution in [0, 0.1) is 11.3 Å². The van der Waals surface area contributed by atoms with Crippen molar-refractivity contribution >= 4 is 17.1 Å². The first-order valence-corrected chi connectivity index (χ1v) is 8.59. The molecule has 1 saturated heterocycles. The predicted molar refractivity (Wildman–Crippen MR) is 101 cm³/mol. The standard InChI is InChI=1S/C21H20N4/c1-24-12-14-25(15-13-24)21-19-8-3-2-6-16(19)17(10-11-22)18-7-4-5-9-20(18)23-21/h2-10H,12-15H2,1H3/b17-10+. The Balaban J connectivity index is 1.92. The quantitative estimate of drug-likeness (QED) is 0.697. The van der Waals surface area contributed by atoms with Gasteiger partial charge in [-0.1, -0.05) is 42.5 Å². The van der Waals surface area contributed by atoms with Crippen LogP contribution in [0.3, 0.4) is 0 Å². The first-order chi connectivity index (χ1) is 12.3. The Morgan fingerprint density at radius 2 is 1.56 bits per heavy atom. The van der Waals surface area contributed by atoms with Crippen LogP contribution in [-0.4, -0.2) is 48.9 Å². The number of benzene rings is 2. The Kier molecular flexibility index (Phi) is 4.09. The molecule has 0 atom stereocenters. The molecule has 0 aliphatic carbocycles. The van der Waals surface area contributed by atoms with Gasteiger partial charge in [0.2, 0.25) is 0 Å². The third-order valence-corrected chi connectivity index (χ3v) is 4.89. The molecule has 4 rings (SSSR count). The van der Waals surface area contributed by atoms with Gasteiger partial charge in [0, 0.05) is 49.0 Å². The summed E-state index contributed by atoms with van der Waals surface area (Å²) in [7, 11) is 2.16. The van der Waals surface area contributed by atoms with E-state index >= 15 is 0 Å². The fourth-order valence-corrected chi connectivity index (χ4v) is 3.51. The summed E-state index contributed by atoms with van der Waals surface area (Å²) in [5.74, 6) is 1.01. The summed E-state index contributed by atoms with van der Waals surface area (Å²) >= 11 is 0. The van der Waals surface area contributed by atoms with Crippen LogP contribution in [0.5, 0.6) is 0 Å². The van der Waals surface area contributed by atoms with Crippen LogP contribution in [-0.2, 0) is 0 Å². The van der Waals surface area contributed by atoms with Gasteiger partial charge in [-0.05, 0) is 18.7 Å². The van der Waals surface area contributed by atoms with E-state index in [9.17, 15) is 5.26 Å². The van der Waals surface area contributed by atoms with Crippen molar-refractivity contribution in [1.82, 2.24) is 9.80 Å². The number of para-hydroxylation sites is 1. The number of fused-ring (bicyclic) bond motifs is 2. The molecule has 2 aliphatic heterocycles. The Morgan fingerprint density at radius 3 is 2.28 bits per heavy atom. The normalized spacial score (nSPS) is 18.8. The maximum absolute atomic E-state index is 9.33. The van der Waals surface area contributed by atoms with Gasteiger partial charge in [0.1, 0.15) is 5.84 Å². The lowest BCUT2D eigenvalue weighted by Crippen LogP contribution is -2.47. The molecule has 4 heteroatoms. The first-order valence-electron chi connectivity index (χ1n) is 8.59. The SMILES string of the molecule is CN1CCN(C2=Nc3ccccc3/C(=C/C#N)c3ccccc32)CC1. The molecule has 25 heavy (non-hydrogen) atoms. The Bertz CT molecular complexity index is 896. The van der Waals surface area contributed by atoms with Crippen molar-refractivity contribution in [2.75, 3.05) is 33.2 Å². The maximum Gasteiger partial charge on any atom is 0.137 e. The second-order valence-corrected chi connectivity index (χ2v) is 6.48. The van der Waals surface area contributed by atoms with Crippen LogP contribution in [0.2, 0.25) is 0 Å². The molecule has 4 nitrogen and oxygen atoms in total. The average molecular weight is 328 g/mol. The molecule has 2 aliphatic rings. The number of likely N-dealkylation sites (N-methyl/N-ethyl adjacent to an activating group) is 1. The van der Waals surface area contributed by atoms with Crippen LogP contribution >= 0.6 is 0 Å². The van der Waals surface area contributed by atoms with E-state index in [4.69, 9.17) is 4.99 Å². The van der Waals surface area contributed by atoms with Crippen LogP contribution in [0.15, 0.2) is 59.6 Å². The molecule has 2 aromatic rings. The van der Waals surface area contributed by atoms with E-state index in [-0.39, 0.29) is 0 Å². The monoisotopic (exact) mass is 328 g/mol. The van der Waals surface area contributed by atoms with E-state index in [1.807, 2.05) is 36.4 Å². The van der Waals surface area contributed by atoms with Gasteiger partial charge in [-0.15, -0.1) is 0 Å². The summed E-state index contributed by atoms with van der Waals surface area (Å²) < 4.78 is 0. The molecule has 124 valence electrons. The smallest absolute Gasteiger partial charge is 0.137 e. The number of hydrogen-bond acceptors (Lipinski definition) is 4. The average Bonchev–Trinajstić information content (AvgIpc) is 2.79. The fraction of sp³-hybridized carbons (Fsp3) is 0.238. The van der Waals surface area contributed by atoms with E-state index in [0.29, 0.717) is 0 Å². The Labute approximate surface area is 148 Å². The third-order valence-electron chi connectivity index (χ3n) is 4.89. The lowest BCUT2D eigenvalue weighted by Gasteiger charge is -2.35. The third kappa shape index (κ3) is 2.84. The van der Waals surface area contributed by atoms with Crippen LogP contribution in [0.4, 0.5) is 5.69 Å². The summed E-state index contributed by atoms with van der Waals surface area (Å²) in [5.41, 5.74) is 5.06. The highest BCUT2D eigenvalue weighted by atomic mass is 15.3. The van der Waals surface area contributed by atoms with Gasteiger partial charge in [-0.2, -0.15) is 5.26 Å². The molecule has 0 radical (unpaired) electrons. The Hall–Kier alpha value is -2.90. The number of allylic oxidation sites excluding steroid dienone is 1. The maximum atomic E-state index is 9.33. The van der Waals surface area contributed by atoms with E-state index in [1.165, 1.54) is 0 Å². The zero-order chi connectivity index (χ0) is 17.2. The molecular formula is C21H20N4. The lowest BCUT2D eigenvalue weighted by atomic mass is 9.93. The van der Waals surface area contributed by atoms with Crippen molar-refractivity contribution in [3.8, 4) is 6.07 Å². The van der Waals surface area contributed by atoms with Crippen molar-refractivity contribution < 1.29 is 0 Å². The number of piperazine rings is 1. The molecule has 0 unspecified atom stereocenters. The second kappa shape index (κ2) is 6.54. The largest absolute Gasteiger partial charge is 0.354 e. The number of rotatable bonds is 0. The van der Waals surface area contributed by atoms with Gasteiger partial charge in [-0.3, -0.25) is 0 Å². The zero-order valence-corrected chi connectivity index (χ0v) is 14.3. The van der Waals surface area contributed by atoms with Crippen LogP contribution in [0.1, 0.15) is 16.7 Å². The summed E-state index contributed by atoms with van der Waals surface area (Å²) in [6, 6.07) is 18.6. The molecule has 0 saturated carbocycles. The highest BCUT2D eigenvalue weighted by Gasteiger charge is 2.25. The predicted octanol–water partition coefficient (Wildman–Crippen LogP) is 3.28. The fourth-order valence-electron chi connectivity index (χ4n) is 3.51. The topological polar surface area (TPSA) is 42.6 Å². The summed E-state index contributed by atoms with van der Waals surface area (Å²) in [6.07, 6.45) is 1.64. The van der Waals surface area contributed by atoms with Gasteiger partial charge in [0.05, 0.1) is 11.8 Å². The summed E-state index contributed by atoms with van der Waals surface area (Å²) in [6.45, 7) is 3.99. The van der Waals surface area contributed by atoms with E-state index < -0.39 is 0 Å². The van der Waals surface area contributed by atoms with Gasteiger partial charge in [0.15, 0.2) is 0 Å². The minimum absolute atomic E-state index is 0.925. The van der Waals surface area contributed by atoms with E-state index in [2.05, 4.69) is 35.0 Å². The number of nitriles is 1. The molecule has 2 aromatic carbocycles. The highest BCUT2D eigenvalue weighted by Crippen LogP contribution is 2.37. The van der Waals surface area contributed by atoms with Gasteiger partial charge in [-0.25, -0.2) is 4.99 Å². The van der Waals surface area contributed by atoms with Crippen molar-refractivity contribution in [3.63, 3.8) is 0 Å². The summed E-state index contributed by atoms with van der Waals surface area (Å²) in [5, 5.41) is 9.33. The van der Waals surface area contributed by atoms with E-state index in [0.717, 1.165) is 60.0 Å². The van der Waals surface area contributed by atoms with Crippen molar-refractivity contribution in [2.45, 2.75) is 0 Å². The van der Waals surface area contributed by atoms with Crippen molar-refractivity contribution in [2.24, 2.45) is 4.99 Å². The number of aliphatic imine (C=N–C) groups is 1. The zero-order valence-electron chi connectivity index (χ0n) is 14.3. The number of hydrogen-bond donors (Lipinski definition) is 0. The first kappa shape index (κ1) is 15.6. The van der Waals surface area contributed by atoms with Crippen molar-refractivity contribution in [3.05, 3.63) is 71.3 Å². The van der Waals surface area contributed by atoms with Gasteiger partial charge in [0.25, 0.3) is 0 Å². The van der Waals surface area contributed by atoms with Gasteiger partial charge < -0.3 is 9.80 Å². The van der Waals surface area contributed by atoms with E-state index in [1.54, 1.807) is 6.08 Å². The molecule has 0 spiro atoms. The highest BCUT2D eigenvalue weighted by molar-refractivity contribution is 6.08. The molecule has 2 heterocycles. The minimum atomic E-state index is 0.925. The van der Waals surface area contributed by atoms with Crippen LogP contribution in [0.25, 0.3) is 5.57 Å². The molecule has 0 bridgehead atoms. The second-order valence-electron chi connectivity index (χ2n) is 6.48. The molecule has 0 amide bonds. The minimum Gasteiger partial charge on any atom is -0.354 e. The molecule has 0 N–H and O–H groups in total. The Morgan fingerprint density at radius 1 is 0.920 bits per heavy atom. The lowest BCUT2D eigenvalue weighted by molar-refractivity contribution is 0.216. The molecular weight excluding hydrogens is 308 g/mol. The molecule has 0 aromatic heterocycles. The number of nitrogens with zero attached hydrogens (tertiary/aromatic N) is 4. The van der Waals surface area contributed by atoms with Crippen LogP contribution < -0.4 is 0 Å². The number of amidine groups is 1. The van der Waals surface area contributed by atoms with Gasteiger partial charge >= 0.3 is 0 Å². The molecule has 1 fully saturated rings.